The van der Waals surface area contributed by atoms with Gasteiger partial charge < -0.3 is 10.6 Å². The summed E-state index contributed by atoms with van der Waals surface area (Å²) in [5.74, 6) is -0.100. The predicted molar refractivity (Wildman–Crippen MR) is 84.5 cm³/mol. The van der Waals surface area contributed by atoms with Crippen molar-refractivity contribution in [2.24, 2.45) is 0 Å². The van der Waals surface area contributed by atoms with E-state index in [1.54, 1.807) is 6.07 Å². The zero-order chi connectivity index (χ0) is 14.5. The lowest BCUT2D eigenvalue weighted by Gasteiger charge is -2.11. The molecule has 0 unspecified atom stereocenters. The van der Waals surface area contributed by atoms with Crippen molar-refractivity contribution in [2.75, 3.05) is 17.2 Å². The summed E-state index contributed by atoms with van der Waals surface area (Å²) in [7, 11) is 0. The van der Waals surface area contributed by atoms with Gasteiger partial charge in [0.1, 0.15) is 0 Å². The van der Waals surface area contributed by atoms with Crippen LogP contribution in [0.2, 0.25) is 5.02 Å². The highest BCUT2D eigenvalue weighted by molar-refractivity contribution is 6.31. The smallest absolute Gasteiger partial charge is 0.243 e. The van der Waals surface area contributed by atoms with E-state index in [4.69, 9.17) is 11.6 Å². The normalized spacial score (nSPS) is 10.2. The molecule has 0 atom stereocenters. The van der Waals surface area contributed by atoms with Crippen LogP contribution in [0.4, 0.5) is 11.4 Å². The largest absolute Gasteiger partial charge is 0.376 e. The maximum Gasteiger partial charge on any atom is 0.243 e. The molecule has 20 heavy (non-hydrogen) atoms. The van der Waals surface area contributed by atoms with Crippen molar-refractivity contribution in [1.82, 2.24) is 0 Å². The Morgan fingerprint density at radius 3 is 2.65 bits per heavy atom. The van der Waals surface area contributed by atoms with Gasteiger partial charge in [-0.1, -0.05) is 29.8 Å². The van der Waals surface area contributed by atoms with Crippen molar-refractivity contribution in [3.8, 4) is 0 Å². The summed E-state index contributed by atoms with van der Waals surface area (Å²) in [5, 5.41) is 6.59. The molecule has 2 aromatic rings. The van der Waals surface area contributed by atoms with E-state index in [0.717, 1.165) is 22.5 Å². The molecule has 2 aromatic carbocycles. The molecule has 0 saturated carbocycles. The van der Waals surface area contributed by atoms with Gasteiger partial charge >= 0.3 is 0 Å². The van der Waals surface area contributed by atoms with Crippen LogP contribution in [0.15, 0.2) is 42.5 Å². The van der Waals surface area contributed by atoms with Crippen LogP contribution in [0, 0.1) is 13.8 Å². The van der Waals surface area contributed by atoms with Gasteiger partial charge in [-0.05, 0) is 49.2 Å². The topological polar surface area (TPSA) is 41.1 Å². The van der Waals surface area contributed by atoms with Gasteiger partial charge in [-0.15, -0.1) is 0 Å². The summed E-state index contributed by atoms with van der Waals surface area (Å²) >= 11 is 6.02. The van der Waals surface area contributed by atoms with Crippen molar-refractivity contribution in [3.63, 3.8) is 0 Å². The SMILES string of the molecule is Cc1cccc(NCC(=O)Nc2cccc(Cl)c2C)c1. The summed E-state index contributed by atoms with van der Waals surface area (Å²) < 4.78 is 0. The number of rotatable bonds is 4. The fourth-order valence-corrected chi connectivity index (χ4v) is 2.05. The Bertz CT molecular complexity index is 626. The Kier molecular flexibility index (Phi) is 4.64. The third-order valence-electron chi connectivity index (χ3n) is 3.01. The predicted octanol–water partition coefficient (Wildman–Crippen LogP) is 4.01. The fourth-order valence-electron chi connectivity index (χ4n) is 1.87. The molecule has 0 bridgehead atoms. The number of carbonyl (C=O) groups is 1. The van der Waals surface area contributed by atoms with Crippen LogP contribution in [-0.4, -0.2) is 12.5 Å². The highest BCUT2D eigenvalue weighted by Crippen LogP contribution is 2.22. The molecule has 0 aromatic heterocycles. The highest BCUT2D eigenvalue weighted by atomic mass is 35.5. The second kappa shape index (κ2) is 6.44. The first-order chi connectivity index (χ1) is 9.56. The van der Waals surface area contributed by atoms with Crippen molar-refractivity contribution in [3.05, 3.63) is 58.6 Å². The number of nitrogens with one attached hydrogen (secondary N) is 2. The van der Waals surface area contributed by atoms with Crippen LogP contribution in [0.3, 0.4) is 0 Å². The third-order valence-corrected chi connectivity index (χ3v) is 3.42. The molecule has 0 aliphatic carbocycles. The maximum atomic E-state index is 11.9. The molecule has 0 fully saturated rings. The number of benzene rings is 2. The average molecular weight is 289 g/mol. The Morgan fingerprint density at radius 2 is 1.90 bits per heavy atom. The number of amides is 1. The van der Waals surface area contributed by atoms with E-state index in [9.17, 15) is 4.79 Å². The standard InChI is InChI=1S/C16H17ClN2O/c1-11-5-3-6-13(9-11)18-10-16(20)19-15-8-4-7-14(17)12(15)2/h3-9,18H,10H2,1-2H3,(H,19,20). The lowest BCUT2D eigenvalue weighted by Crippen LogP contribution is -2.22. The molecular weight excluding hydrogens is 272 g/mol. The van der Waals surface area contributed by atoms with E-state index < -0.39 is 0 Å². The second-order valence-corrected chi connectivity index (χ2v) is 5.09. The molecule has 2 rings (SSSR count). The number of aryl methyl sites for hydroxylation is 1. The Morgan fingerprint density at radius 1 is 1.15 bits per heavy atom. The molecule has 2 N–H and O–H groups in total. The molecule has 3 nitrogen and oxygen atoms in total. The number of halogens is 1. The minimum absolute atomic E-state index is 0.100. The monoisotopic (exact) mass is 288 g/mol. The Hall–Kier alpha value is -2.00. The van der Waals surface area contributed by atoms with Crippen LogP contribution in [-0.2, 0) is 4.79 Å². The molecule has 0 aliphatic heterocycles. The van der Waals surface area contributed by atoms with Gasteiger partial charge in [0.15, 0.2) is 0 Å². The van der Waals surface area contributed by atoms with Crippen LogP contribution < -0.4 is 10.6 Å². The molecule has 4 heteroatoms. The van der Waals surface area contributed by atoms with Gasteiger partial charge in [0.2, 0.25) is 5.91 Å². The van der Waals surface area contributed by atoms with Crippen LogP contribution in [0.1, 0.15) is 11.1 Å². The van der Waals surface area contributed by atoms with Gasteiger partial charge in [-0.3, -0.25) is 4.79 Å². The Balaban J connectivity index is 1.94. The summed E-state index contributed by atoms with van der Waals surface area (Å²) in [6, 6.07) is 13.4. The van der Waals surface area contributed by atoms with Gasteiger partial charge in [0.25, 0.3) is 0 Å². The van der Waals surface area contributed by atoms with E-state index in [1.165, 1.54) is 0 Å². The molecule has 0 heterocycles. The average Bonchev–Trinajstić information content (AvgIpc) is 2.42. The maximum absolute atomic E-state index is 11.9. The van der Waals surface area contributed by atoms with Gasteiger partial charge in [-0.25, -0.2) is 0 Å². The lowest BCUT2D eigenvalue weighted by molar-refractivity contribution is -0.114. The summed E-state index contributed by atoms with van der Waals surface area (Å²) in [4.78, 5) is 11.9. The quantitative estimate of drug-likeness (QED) is 0.892. The second-order valence-electron chi connectivity index (χ2n) is 4.68. The molecule has 0 spiro atoms. The van der Waals surface area contributed by atoms with Crippen LogP contribution in [0.5, 0.6) is 0 Å². The fraction of sp³-hybridized carbons (Fsp3) is 0.188. The van der Waals surface area contributed by atoms with Crippen molar-refractivity contribution in [1.29, 1.82) is 0 Å². The molecule has 0 radical (unpaired) electrons. The molecule has 0 saturated heterocycles. The zero-order valence-corrected chi connectivity index (χ0v) is 12.3. The number of hydrogen-bond donors (Lipinski definition) is 2. The number of anilines is 2. The van der Waals surface area contributed by atoms with Gasteiger partial charge in [-0.2, -0.15) is 0 Å². The molecule has 1 amide bonds. The van der Waals surface area contributed by atoms with E-state index in [-0.39, 0.29) is 12.5 Å². The van der Waals surface area contributed by atoms with Crippen molar-refractivity contribution in [2.45, 2.75) is 13.8 Å². The minimum atomic E-state index is -0.100. The summed E-state index contributed by atoms with van der Waals surface area (Å²) in [6.07, 6.45) is 0. The lowest BCUT2D eigenvalue weighted by atomic mass is 10.2. The highest BCUT2D eigenvalue weighted by Gasteiger charge is 2.06. The van der Waals surface area contributed by atoms with E-state index in [2.05, 4.69) is 10.6 Å². The van der Waals surface area contributed by atoms with Gasteiger partial charge in [0, 0.05) is 16.4 Å². The number of hydrogen-bond acceptors (Lipinski definition) is 2. The van der Waals surface area contributed by atoms with Gasteiger partial charge in [0.05, 0.1) is 6.54 Å². The summed E-state index contributed by atoms with van der Waals surface area (Å²) in [6.45, 7) is 4.11. The Labute approximate surface area is 124 Å². The third kappa shape index (κ3) is 3.75. The van der Waals surface area contributed by atoms with E-state index in [1.807, 2.05) is 50.2 Å². The van der Waals surface area contributed by atoms with Crippen molar-refractivity contribution >= 4 is 28.9 Å². The first kappa shape index (κ1) is 14.4. The van der Waals surface area contributed by atoms with Crippen molar-refractivity contribution < 1.29 is 4.79 Å². The zero-order valence-electron chi connectivity index (χ0n) is 11.5. The van der Waals surface area contributed by atoms with Crippen LogP contribution in [0.25, 0.3) is 0 Å². The molecule has 104 valence electrons. The molecule has 0 aliphatic rings. The summed E-state index contributed by atoms with van der Waals surface area (Å²) in [5.41, 5.74) is 3.70. The van der Waals surface area contributed by atoms with E-state index >= 15 is 0 Å². The van der Waals surface area contributed by atoms with Crippen LogP contribution >= 0.6 is 11.6 Å². The minimum Gasteiger partial charge on any atom is -0.376 e. The first-order valence-electron chi connectivity index (χ1n) is 6.42. The first-order valence-corrected chi connectivity index (χ1v) is 6.79. The number of carbonyl (C=O) groups excluding carboxylic acids is 1. The molecular formula is C16H17ClN2O. The van der Waals surface area contributed by atoms with E-state index in [0.29, 0.717) is 5.02 Å².